The quantitative estimate of drug-likeness (QED) is 0.447. The van der Waals surface area contributed by atoms with Crippen LogP contribution in [-0.4, -0.2) is 42.6 Å². The van der Waals surface area contributed by atoms with Gasteiger partial charge < -0.3 is 10.0 Å². The van der Waals surface area contributed by atoms with E-state index < -0.39 is 33.7 Å². The first-order valence-corrected chi connectivity index (χ1v) is 13.1. The van der Waals surface area contributed by atoms with Gasteiger partial charge >= 0.3 is 12.1 Å². The number of sulfonamides is 1. The lowest BCUT2D eigenvalue weighted by molar-refractivity contribution is -0.142. The van der Waals surface area contributed by atoms with Gasteiger partial charge in [-0.1, -0.05) is 31.2 Å². The molecule has 8 nitrogen and oxygen atoms in total. The number of aliphatic carboxylic acids is 1. The molecule has 37 heavy (non-hydrogen) atoms. The highest BCUT2D eigenvalue weighted by Crippen LogP contribution is 2.39. The maximum absolute atomic E-state index is 13.8. The summed E-state index contributed by atoms with van der Waals surface area (Å²) in [4.78, 5) is 20.8. The van der Waals surface area contributed by atoms with Gasteiger partial charge in [-0.15, -0.1) is 0 Å². The van der Waals surface area contributed by atoms with Crippen molar-refractivity contribution < 1.29 is 31.5 Å². The number of rotatable bonds is 7. The molecule has 0 amide bonds. The number of aryl methyl sites for hydroxylation is 1. The summed E-state index contributed by atoms with van der Waals surface area (Å²) in [5.74, 6) is -1.48. The van der Waals surface area contributed by atoms with Crippen LogP contribution in [0.2, 0.25) is 0 Å². The second-order valence-electron chi connectivity index (χ2n) is 8.70. The van der Waals surface area contributed by atoms with E-state index in [0.717, 1.165) is 6.07 Å². The zero-order valence-electron chi connectivity index (χ0n) is 19.9. The number of hydrogen-bond acceptors (Lipinski definition) is 6. The van der Waals surface area contributed by atoms with Crippen molar-refractivity contribution in [1.29, 1.82) is 0 Å². The van der Waals surface area contributed by atoms with E-state index in [1.54, 1.807) is 29.2 Å². The minimum Gasteiger partial charge on any atom is -0.481 e. The van der Waals surface area contributed by atoms with Crippen LogP contribution in [0.3, 0.4) is 0 Å². The number of nitrogens with one attached hydrogen (secondary N) is 1. The van der Waals surface area contributed by atoms with E-state index in [1.807, 2.05) is 6.92 Å². The van der Waals surface area contributed by atoms with Gasteiger partial charge in [0.05, 0.1) is 16.4 Å². The van der Waals surface area contributed by atoms with Gasteiger partial charge in [0, 0.05) is 31.5 Å². The topological polar surface area (TPSA) is 112 Å². The molecule has 3 aromatic rings. The van der Waals surface area contributed by atoms with Crippen molar-refractivity contribution in [3.05, 3.63) is 66.0 Å². The van der Waals surface area contributed by atoms with E-state index in [0.29, 0.717) is 48.9 Å². The molecule has 2 aromatic heterocycles. The first-order valence-electron chi connectivity index (χ1n) is 11.6. The van der Waals surface area contributed by atoms with Gasteiger partial charge in [-0.3, -0.25) is 9.52 Å². The molecule has 1 aliphatic rings. The minimum absolute atomic E-state index is 0.174. The molecule has 1 aromatic carbocycles. The largest absolute Gasteiger partial charge is 0.481 e. The number of nitrogens with zero attached hydrogens (tertiary/aromatic N) is 3. The Hall–Kier alpha value is -3.67. The monoisotopic (exact) mass is 534 g/mol. The number of aromatic nitrogens is 2. The summed E-state index contributed by atoms with van der Waals surface area (Å²) in [6, 6.07) is 10.3. The SMILES string of the molecule is CCc1ccccc1-c1cc(NS(=O)(=O)c2ccnc(N3CCC[C@H](C(=O)O)C3)c2)ncc1C(F)(F)F. The molecule has 1 saturated heterocycles. The number of alkyl halides is 3. The number of halogens is 3. The molecule has 0 unspecified atom stereocenters. The molecule has 12 heteroatoms. The molecule has 0 saturated carbocycles. The number of piperidine rings is 1. The van der Waals surface area contributed by atoms with Crippen LogP contribution in [0.1, 0.15) is 30.9 Å². The van der Waals surface area contributed by atoms with Crippen LogP contribution in [0.25, 0.3) is 11.1 Å². The number of carboxylic acid groups (broad SMARTS) is 1. The Kier molecular flexibility index (Phi) is 7.39. The van der Waals surface area contributed by atoms with Crippen LogP contribution in [0.5, 0.6) is 0 Å². The lowest BCUT2D eigenvalue weighted by Crippen LogP contribution is -2.39. The Bertz CT molecular complexity index is 1410. The minimum atomic E-state index is -4.69. The summed E-state index contributed by atoms with van der Waals surface area (Å²) in [6.07, 6.45) is -1.16. The highest BCUT2D eigenvalue weighted by atomic mass is 32.2. The summed E-state index contributed by atoms with van der Waals surface area (Å²) in [6.45, 7) is 2.53. The molecule has 0 spiro atoms. The van der Waals surface area contributed by atoms with Crippen molar-refractivity contribution >= 4 is 27.6 Å². The van der Waals surface area contributed by atoms with Crippen LogP contribution < -0.4 is 9.62 Å². The number of benzene rings is 1. The summed E-state index contributed by atoms with van der Waals surface area (Å²) < 4.78 is 69.9. The van der Waals surface area contributed by atoms with Crippen molar-refractivity contribution in [2.45, 2.75) is 37.3 Å². The van der Waals surface area contributed by atoms with Gasteiger partial charge in [0.25, 0.3) is 10.0 Å². The van der Waals surface area contributed by atoms with E-state index in [1.165, 1.54) is 18.3 Å². The fourth-order valence-electron chi connectivity index (χ4n) is 4.37. The Balaban J connectivity index is 1.67. The number of anilines is 2. The molecule has 1 fully saturated rings. The van der Waals surface area contributed by atoms with Crippen molar-refractivity contribution in [2.24, 2.45) is 5.92 Å². The normalized spacial score (nSPS) is 16.4. The first kappa shape index (κ1) is 26.4. The first-order chi connectivity index (χ1) is 17.5. The zero-order chi connectivity index (χ0) is 26.8. The van der Waals surface area contributed by atoms with Crippen LogP contribution in [0, 0.1) is 5.92 Å². The van der Waals surface area contributed by atoms with Gasteiger partial charge in [-0.25, -0.2) is 18.4 Å². The fraction of sp³-hybridized carbons (Fsp3) is 0.320. The predicted octanol–water partition coefficient (Wildman–Crippen LogP) is 4.83. The summed E-state index contributed by atoms with van der Waals surface area (Å²) in [5.41, 5.74) is -0.140. The molecule has 2 N–H and O–H groups in total. The lowest BCUT2D eigenvalue weighted by Gasteiger charge is -2.31. The van der Waals surface area contributed by atoms with Crippen LogP contribution >= 0.6 is 0 Å². The molecule has 1 atom stereocenters. The van der Waals surface area contributed by atoms with Crippen molar-refractivity contribution in [2.75, 3.05) is 22.7 Å². The van der Waals surface area contributed by atoms with Gasteiger partial charge in [-0.05, 0) is 48.1 Å². The summed E-state index contributed by atoms with van der Waals surface area (Å²) in [5, 5.41) is 9.33. The maximum atomic E-state index is 13.8. The van der Waals surface area contributed by atoms with Gasteiger partial charge in [0.1, 0.15) is 11.6 Å². The Morgan fingerprint density at radius 1 is 1.16 bits per heavy atom. The Morgan fingerprint density at radius 3 is 2.62 bits per heavy atom. The van der Waals surface area contributed by atoms with Crippen LogP contribution in [0.4, 0.5) is 24.8 Å². The molecule has 196 valence electrons. The van der Waals surface area contributed by atoms with E-state index in [9.17, 15) is 31.5 Å². The molecular weight excluding hydrogens is 509 g/mol. The fourth-order valence-corrected chi connectivity index (χ4v) is 5.38. The van der Waals surface area contributed by atoms with E-state index in [4.69, 9.17) is 0 Å². The average molecular weight is 535 g/mol. The zero-order valence-corrected chi connectivity index (χ0v) is 20.7. The maximum Gasteiger partial charge on any atom is 0.418 e. The number of hydrogen-bond donors (Lipinski definition) is 2. The Labute approximate surface area is 212 Å². The molecule has 1 aliphatic heterocycles. The second kappa shape index (κ2) is 10.4. The number of carbonyl (C=O) groups is 1. The van der Waals surface area contributed by atoms with Crippen molar-refractivity contribution in [3.63, 3.8) is 0 Å². The van der Waals surface area contributed by atoms with Gasteiger partial charge in [0.15, 0.2) is 0 Å². The van der Waals surface area contributed by atoms with Crippen LogP contribution in [0.15, 0.2) is 59.8 Å². The average Bonchev–Trinajstić information content (AvgIpc) is 2.88. The number of pyridine rings is 2. The van der Waals surface area contributed by atoms with Gasteiger partial charge in [0.2, 0.25) is 0 Å². The molecule has 0 aliphatic carbocycles. The summed E-state index contributed by atoms with van der Waals surface area (Å²) in [7, 11) is -4.24. The highest BCUT2D eigenvalue weighted by molar-refractivity contribution is 7.92. The molecule has 0 bridgehead atoms. The van der Waals surface area contributed by atoms with Crippen LogP contribution in [-0.2, 0) is 27.4 Å². The third kappa shape index (κ3) is 5.85. The standard InChI is InChI=1S/C25H25F3N4O4S/c1-2-16-6-3-4-8-19(16)20-13-22(30-14-21(20)25(26,27)28)31-37(35,36)18-9-10-29-23(12-18)32-11-5-7-17(15-32)24(33)34/h3-4,6,8-10,12-14,17H,2,5,7,11,15H2,1H3,(H,30,31)(H,33,34)/t17-/m0/s1. The third-order valence-corrected chi connectivity index (χ3v) is 7.61. The summed E-state index contributed by atoms with van der Waals surface area (Å²) >= 11 is 0. The highest BCUT2D eigenvalue weighted by Gasteiger charge is 2.35. The third-order valence-electron chi connectivity index (χ3n) is 6.26. The van der Waals surface area contributed by atoms with Crippen molar-refractivity contribution in [1.82, 2.24) is 9.97 Å². The smallest absolute Gasteiger partial charge is 0.418 e. The lowest BCUT2D eigenvalue weighted by atomic mass is 9.95. The molecule has 0 radical (unpaired) electrons. The predicted molar refractivity (Wildman–Crippen MR) is 132 cm³/mol. The molecule has 4 rings (SSSR count). The molecule has 3 heterocycles. The Morgan fingerprint density at radius 2 is 1.92 bits per heavy atom. The van der Waals surface area contributed by atoms with E-state index in [-0.39, 0.29) is 22.8 Å². The van der Waals surface area contributed by atoms with E-state index >= 15 is 0 Å². The van der Waals surface area contributed by atoms with Gasteiger partial charge in [-0.2, -0.15) is 13.2 Å². The van der Waals surface area contributed by atoms with Crippen molar-refractivity contribution in [3.8, 4) is 11.1 Å². The van der Waals surface area contributed by atoms with E-state index in [2.05, 4.69) is 14.7 Å². The molecular formula is C25H25F3N4O4S. The number of carboxylic acids is 1. The second-order valence-corrected chi connectivity index (χ2v) is 10.4.